The summed E-state index contributed by atoms with van der Waals surface area (Å²) >= 11 is 0. The Balaban J connectivity index is 1.45. The van der Waals surface area contributed by atoms with Crippen LogP contribution in [0.15, 0.2) is 67.1 Å². The zero-order valence-electron chi connectivity index (χ0n) is 16.2. The lowest BCUT2D eigenvalue weighted by Crippen LogP contribution is -2.31. The van der Waals surface area contributed by atoms with Gasteiger partial charge in [-0.25, -0.2) is 14.1 Å². The van der Waals surface area contributed by atoms with E-state index in [1.54, 1.807) is 47.5 Å². The molecule has 2 N–H and O–H groups in total. The van der Waals surface area contributed by atoms with Crippen LogP contribution in [-0.4, -0.2) is 25.7 Å². The highest BCUT2D eigenvalue weighted by Gasteiger charge is 2.27. The van der Waals surface area contributed by atoms with Gasteiger partial charge in [-0.15, -0.1) is 0 Å². The van der Waals surface area contributed by atoms with Gasteiger partial charge < -0.3 is 10.3 Å². The van der Waals surface area contributed by atoms with Crippen molar-refractivity contribution in [3.05, 3.63) is 89.8 Å². The lowest BCUT2D eigenvalue weighted by atomic mass is 9.92. The molecule has 0 radical (unpaired) electrons. The average Bonchev–Trinajstić information content (AvgIpc) is 3.45. The summed E-state index contributed by atoms with van der Waals surface area (Å²) in [5.74, 6) is 0.165. The predicted octanol–water partition coefficient (Wildman–Crippen LogP) is 4.21. The SMILES string of the molecule is O=C(N[C@H]1CCCc2c1cnn2-c1ccccc1F)c1ccccc1-c1ncc[nH]1. The number of fused-ring (bicyclic) bond motifs is 1. The third kappa shape index (κ3) is 3.18. The highest BCUT2D eigenvalue weighted by atomic mass is 19.1. The van der Waals surface area contributed by atoms with Crippen LogP contribution >= 0.6 is 0 Å². The van der Waals surface area contributed by atoms with E-state index in [0.29, 0.717) is 17.1 Å². The van der Waals surface area contributed by atoms with Crippen molar-refractivity contribution < 1.29 is 9.18 Å². The van der Waals surface area contributed by atoms with E-state index in [-0.39, 0.29) is 17.8 Å². The molecule has 0 bridgehead atoms. The molecule has 7 heteroatoms. The first-order valence-electron chi connectivity index (χ1n) is 9.93. The Hall–Kier alpha value is -3.74. The lowest BCUT2D eigenvalue weighted by molar-refractivity contribution is 0.0933. The standard InChI is InChI=1S/C23H20FN5O/c24-18-8-3-4-10-21(18)29-20-11-5-9-19(17(20)14-27-29)28-23(30)16-7-2-1-6-15(16)22-25-12-13-26-22/h1-4,6-8,10,12-14,19H,5,9,11H2,(H,25,26)(H,28,30)/t19-/m0/s1. The molecule has 1 atom stereocenters. The van der Waals surface area contributed by atoms with E-state index < -0.39 is 0 Å². The van der Waals surface area contributed by atoms with E-state index in [2.05, 4.69) is 20.4 Å². The molecule has 0 unspecified atom stereocenters. The van der Waals surface area contributed by atoms with Crippen molar-refractivity contribution in [1.29, 1.82) is 0 Å². The molecule has 0 aliphatic heterocycles. The van der Waals surface area contributed by atoms with E-state index in [1.165, 1.54) is 6.07 Å². The van der Waals surface area contributed by atoms with Crippen molar-refractivity contribution in [1.82, 2.24) is 25.1 Å². The summed E-state index contributed by atoms with van der Waals surface area (Å²) in [7, 11) is 0. The molecule has 1 amide bonds. The third-order valence-electron chi connectivity index (χ3n) is 5.49. The van der Waals surface area contributed by atoms with Crippen molar-refractivity contribution in [2.45, 2.75) is 25.3 Å². The normalized spacial score (nSPS) is 15.6. The van der Waals surface area contributed by atoms with Crippen LogP contribution in [0.4, 0.5) is 4.39 Å². The molecule has 2 aromatic carbocycles. The molecule has 30 heavy (non-hydrogen) atoms. The number of aromatic nitrogens is 4. The van der Waals surface area contributed by atoms with Gasteiger partial charge in [0.25, 0.3) is 5.91 Å². The molecule has 0 saturated heterocycles. The number of hydrogen-bond acceptors (Lipinski definition) is 3. The number of para-hydroxylation sites is 1. The number of carbonyl (C=O) groups excluding carboxylic acids is 1. The average molecular weight is 401 g/mol. The maximum Gasteiger partial charge on any atom is 0.252 e. The first kappa shape index (κ1) is 18.3. The fraction of sp³-hybridized carbons (Fsp3) is 0.174. The van der Waals surface area contributed by atoms with Gasteiger partial charge in [0, 0.05) is 29.2 Å². The summed E-state index contributed by atoms with van der Waals surface area (Å²) in [4.78, 5) is 20.5. The number of halogens is 1. The van der Waals surface area contributed by atoms with Gasteiger partial charge in [0.1, 0.15) is 17.3 Å². The largest absolute Gasteiger partial charge is 0.345 e. The van der Waals surface area contributed by atoms with Gasteiger partial charge in [0.15, 0.2) is 0 Å². The first-order chi connectivity index (χ1) is 14.7. The number of aromatic amines is 1. The molecule has 4 aromatic rings. The Kier molecular flexibility index (Phi) is 4.63. The van der Waals surface area contributed by atoms with Gasteiger partial charge in [0.05, 0.1) is 17.8 Å². The molecule has 150 valence electrons. The van der Waals surface area contributed by atoms with Gasteiger partial charge in [-0.3, -0.25) is 4.79 Å². The maximum atomic E-state index is 14.3. The van der Waals surface area contributed by atoms with E-state index in [1.807, 2.05) is 18.2 Å². The van der Waals surface area contributed by atoms with E-state index in [4.69, 9.17) is 0 Å². The quantitative estimate of drug-likeness (QED) is 0.538. The second-order valence-corrected chi connectivity index (χ2v) is 7.31. The summed E-state index contributed by atoms with van der Waals surface area (Å²) in [5.41, 5.74) is 3.61. The molecule has 0 fully saturated rings. The smallest absolute Gasteiger partial charge is 0.252 e. The van der Waals surface area contributed by atoms with Crippen LogP contribution in [0.25, 0.3) is 17.1 Å². The van der Waals surface area contributed by atoms with Gasteiger partial charge >= 0.3 is 0 Å². The Morgan fingerprint density at radius 2 is 2.00 bits per heavy atom. The van der Waals surface area contributed by atoms with Crippen LogP contribution < -0.4 is 5.32 Å². The van der Waals surface area contributed by atoms with Crippen LogP contribution in [0.1, 0.15) is 40.5 Å². The highest BCUT2D eigenvalue weighted by Crippen LogP contribution is 2.32. The number of benzene rings is 2. The monoisotopic (exact) mass is 401 g/mol. The van der Waals surface area contributed by atoms with Gasteiger partial charge in [-0.2, -0.15) is 5.10 Å². The van der Waals surface area contributed by atoms with Crippen molar-refractivity contribution in [3.63, 3.8) is 0 Å². The van der Waals surface area contributed by atoms with E-state index in [0.717, 1.165) is 36.1 Å². The molecular weight excluding hydrogens is 381 g/mol. The summed E-state index contributed by atoms with van der Waals surface area (Å²) in [6.07, 6.45) is 7.62. The molecule has 1 aliphatic carbocycles. The van der Waals surface area contributed by atoms with Crippen LogP contribution in [-0.2, 0) is 6.42 Å². The number of amides is 1. The number of H-pyrrole nitrogens is 1. The Morgan fingerprint density at radius 3 is 2.83 bits per heavy atom. The topological polar surface area (TPSA) is 75.6 Å². The fourth-order valence-corrected chi connectivity index (χ4v) is 4.07. The minimum Gasteiger partial charge on any atom is -0.345 e. The second kappa shape index (κ2) is 7.59. The Bertz CT molecular complexity index is 1200. The molecule has 5 rings (SSSR count). The van der Waals surface area contributed by atoms with Crippen molar-refractivity contribution in [3.8, 4) is 17.1 Å². The number of hydrogen-bond donors (Lipinski definition) is 2. The number of nitrogens with one attached hydrogen (secondary N) is 2. The minimum atomic E-state index is -0.318. The second-order valence-electron chi connectivity index (χ2n) is 7.31. The highest BCUT2D eigenvalue weighted by molar-refractivity contribution is 6.00. The van der Waals surface area contributed by atoms with E-state index >= 15 is 0 Å². The molecule has 0 spiro atoms. The number of rotatable bonds is 4. The minimum absolute atomic E-state index is 0.168. The number of carbonyl (C=O) groups is 1. The Labute approximate surface area is 172 Å². The third-order valence-corrected chi connectivity index (χ3v) is 5.49. The maximum absolute atomic E-state index is 14.3. The number of imidazole rings is 1. The lowest BCUT2D eigenvalue weighted by Gasteiger charge is -2.24. The van der Waals surface area contributed by atoms with Crippen LogP contribution in [0, 0.1) is 5.82 Å². The summed E-state index contributed by atoms with van der Waals surface area (Å²) in [6.45, 7) is 0. The molecule has 2 aromatic heterocycles. The number of nitrogens with zero attached hydrogens (tertiary/aromatic N) is 3. The van der Waals surface area contributed by atoms with Gasteiger partial charge in [-0.05, 0) is 37.5 Å². The molecule has 0 saturated carbocycles. The molecular formula is C23H20FN5O. The summed E-state index contributed by atoms with van der Waals surface area (Å²) in [5, 5.41) is 7.57. The van der Waals surface area contributed by atoms with Crippen LogP contribution in [0.5, 0.6) is 0 Å². The molecule has 6 nitrogen and oxygen atoms in total. The van der Waals surface area contributed by atoms with Gasteiger partial charge in [-0.1, -0.05) is 30.3 Å². The van der Waals surface area contributed by atoms with Crippen molar-refractivity contribution >= 4 is 5.91 Å². The van der Waals surface area contributed by atoms with E-state index in [9.17, 15) is 9.18 Å². The summed E-state index contributed by atoms with van der Waals surface area (Å²) in [6, 6.07) is 13.8. The predicted molar refractivity (Wildman–Crippen MR) is 111 cm³/mol. The van der Waals surface area contributed by atoms with Crippen LogP contribution in [0.2, 0.25) is 0 Å². The summed E-state index contributed by atoms with van der Waals surface area (Å²) < 4.78 is 15.9. The fourth-order valence-electron chi connectivity index (χ4n) is 4.07. The van der Waals surface area contributed by atoms with Crippen molar-refractivity contribution in [2.24, 2.45) is 0 Å². The molecule has 2 heterocycles. The first-order valence-corrected chi connectivity index (χ1v) is 9.93. The zero-order valence-corrected chi connectivity index (χ0v) is 16.2. The zero-order chi connectivity index (χ0) is 20.5. The Morgan fingerprint density at radius 1 is 1.17 bits per heavy atom. The van der Waals surface area contributed by atoms with Crippen LogP contribution in [0.3, 0.4) is 0 Å². The van der Waals surface area contributed by atoms with Crippen molar-refractivity contribution in [2.75, 3.05) is 0 Å². The molecule has 1 aliphatic rings. The van der Waals surface area contributed by atoms with Gasteiger partial charge in [0.2, 0.25) is 0 Å².